The molecular weight excluding hydrogens is 348 g/mol. The van der Waals surface area contributed by atoms with Gasteiger partial charge in [0.1, 0.15) is 23.7 Å². The van der Waals surface area contributed by atoms with Crippen LogP contribution in [0.5, 0.6) is 5.75 Å². The number of piperidine rings is 1. The second-order valence-corrected chi connectivity index (χ2v) is 7.24. The van der Waals surface area contributed by atoms with Gasteiger partial charge in [0.2, 0.25) is 0 Å². The standard InChI is InChI=1S/C23H26N4O/c1-28-21-9-5-8-20(15-21)26-22-16-23(25-17-24-22)27-12-10-19(11-13-27)14-18-6-3-2-4-7-18/h2-9,15-17,19H,10-14H2,1H3,(H,24,25,26). The average Bonchev–Trinajstić information content (AvgIpc) is 2.75. The van der Waals surface area contributed by atoms with Crippen LogP contribution in [0.25, 0.3) is 0 Å². The van der Waals surface area contributed by atoms with Gasteiger partial charge >= 0.3 is 0 Å². The van der Waals surface area contributed by atoms with Crippen molar-refractivity contribution in [2.75, 3.05) is 30.4 Å². The van der Waals surface area contributed by atoms with E-state index in [0.29, 0.717) is 0 Å². The Morgan fingerprint density at radius 3 is 2.61 bits per heavy atom. The van der Waals surface area contributed by atoms with Crippen molar-refractivity contribution in [2.45, 2.75) is 19.3 Å². The number of nitrogens with zero attached hydrogens (tertiary/aromatic N) is 3. The van der Waals surface area contributed by atoms with E-state index in [2.05, 4.69) is 50.5 Å². The van der Waals surface area contributed by atoms with E-state index in [-0.39, 0.29) is 0 Å². The molecule has 1 saturated heterocycles. The molecule has 0 amide bonds. The van der Waals surface area contributed by atoms with Crippen LogP contribution >= 0.6 is 0 Å². The molecule has 0 atom stereocenters. The highest BCUT2D eigenvalue weighted by molar-refractivity contribution is 5.60. The number of rotatable bonds is 6. The van der Waals surface area contributed by atoms with Crippen molar-refractivity contribution in [2.24, 2.45) is 5.92 Å². The van der Waals surface area contributed by atoms with Gasteiger partial charge in [-0.1, -0.05) is 36.4 Å². The first-order valence-corrected chi connectivity index (χ1v) is 9.82. The number of methoxy groups -OCH3 is 1. The van der Waals surface area contributed by atoms with Crippen LogP contribution in [0.4, 0.5) is 17.3 Å². The van der Waals surface area contributed by atoms with Crippen LogP contribution in [0.3, 0.4) is 0 Å². The van der Waals surface area contributed by atoms with Crippen LogP contribution in [0, 0.1) is 5.92 Å². The van der Waals surface area contributed by atoms with Gasteiger partial charge in [-0.25, -0.2) is 9.97 Å². The minimum Gasteiger partial charge on any atom is -0.497 e. The number of anilines is 3. The molecule has 1 aliphatic heterocycles. The molecule has 0 spiro atoms. The second kappa shape index (κ2) is 8.74. The Balaban J connectivity index is 1.37. The Labute approximate surface area is 166 Å². The molecular formula is C23H26N4O. The highest BCUT2D eigenvalue weighted by atomic mass is 16.5. The van der Waals surface area contributed by atoms with Crippen LogP contribution < -0.4 is 15.0 Å². The Kier molecular flexibility index (Phi) is 5.71. The molecule has 5 heteroatoms. The minimum absolute atomic E-state index is 0.745. The maximum atomic E-state index is 5.28. The first-order valence-electron chi connectivity index (χ1n) is 9.82. The average molecular weight is 374 g/mol. The molecule has 0 radical (unpaired) electrons. The SMILES string of the molecule is COc1cccc(Nc2cc(N3CCC(Cc4ccccc4)CC3)ncn2)c1. The second-order valence-electron chi connectivity index (χ2n) is 7.24. The highest BCUT2D eigenvalue weighted by Gasteiger charge is 2.20. The summed E-state index contributed by atoms with van der Waals surface area (Å²) < 4.78 is 5.28. The third kappa shape index (κ3) is 4.60. The molecule has 0 bridgehead atoms. The highest BCUT2D eigenvalue weighted by Crippen LogP contribution is 2.26. The van der Waals surface area contributed by atoms with Crippen LogP contribution in [0.2, 0.25) is 0 Å². The third-order valence-corrected chi connectivity index (χ3v) is 5.30. The summed E-state index contributed by atoms with van der Waals surface area (Å²) in [4.78, 5) is 11.2. The molecule has 3 aromatic rings. The van der Waals surface area contributed by atoms with E-state index >= 15 is 0 Å². The molecule has 1 N–H and O–H groups in total. The smallest absolute Gasteiger partial charge is 0.135 e. The maximum Gasteiger partial charge on any atom is 0.135 e. The molecule has 4 rings (SSSR count). The fourth-order valence-corrected chi connectivity index (χ4v) is 3.75. The van der Waals surface area contributed by atoms with Gasteiger partial charge in [-0.05, 0) is 42.9 Å². The van der Waals surface area contributed by atoms with E-state index in [0.717, 1.165) is 42.1 Å². The lowest BCUT2D eigenvalue weighted by Gasteiger charge is -2.33. The number of hydrogen-bond acceptors (Lipinski definition) is 5. The predicted octanol–water partition coefficient (Wildman–Crippen LogP) is 4.69. The molecule has 0 saturated carbocycles. The van der Waals surface area contributed by atoms with Crippen molar-refractivity contribution in [1.82, 2.24) is 9.97 Å². The van der Waals surface area contributed by atoms with E-state index in [1.54, 1.807) is 13.4 Å². The largest absolute Gasteiger partial charge is 0.497 e. The van der Waals surface area contributed by atoms with Crippen molar-refractivity contribution >= 4 is 17.3 Å². The third-order valence-electron chi connectivity index (χ3n) is 5.30. The van der Waals surface area contributed by atoms with E-state index in [4.69, 9.17) is 4.74 Å². The van der Waals surface area contributed by atoms with Gasteiger partial charge in [0.15, 0.2) is 0 Å². The Morgan fingerprint density at radius 1 is 1.00 bits per heavy atom. The zero-order chi connectivity index (χ0) is 19.2. The molecule has 1 aliphatic rings. The lowest BCUT2D eigenvalue weighted by Crippen LogP contribution is -2.34. The number of benzene rings is 2. The summed E-state index contributed by atoms with van der Waals surface area (Å²) in [6, 6.07) is 20.7. The van der Waals surface area contributed by atoms with Crippen molar-refractivity contribution in [1.29, 1.82) is 0 Å². The molecule has 1 fully saturated rings. The van der Waals surface area contributed by atoms with Crippen molar-refractivity contribution in [3.05, 3.63) is 72.6 Å². The summed E-state index contributed by atoms with van der Waals surface area (Å²) in [5, 5.41) is 3.34. The summed E-state index contributed by atoms with van der Waals surface area (Å²) in [5.41, 5.74) is 2.39. The molecule has 1 aromatic heterocycles. The van der Waals surface area contributed by atoms with Gasteiger partial charge < -0.3 is 15.0 Å². The lowest BCUT2D eigenvalue weighted by atomic mass is 9.90. The quantitative estimate of drug-likeness (QED) is 0.678. The van der Waals surface area contributed by atoms with Crippen molar-refractivity contribution < 1.29 is 4.74 Å². The number of ether oxygens (including phenoxy) is 1. The lowest BCUT2D eigenvalue weighted by molar-refractivity contribution is 0.402. The molecule has 2 heterocycles. The number of nitrogens with one attached hydrogen (secondary N) is 1. The van der Waals surface area contributed by atoms with Gasteiger partial charge in [0, 0.05) is 30.9 Å². The summed E-state index contributed by atoms with van der Waals surface area (Å²) in [6.07, 6.45) is 5.18. The first kappa shape index (κ1) is 18.3. The fraction of sp³-hybridized carbons (Fsp3) is 0.304. The molecule has 0 unspecified atom stereocenters. The first-order chi connectivity index (χ1) is 13.8. The molecule has 5 nitrogen and oxygen atoms in total. The van der Waals surface area contributed by atoms with Gasteiger partial charge in [0.05, 0.1) is 7.11 Å². The monoisotopic (exact) mass is 374 g/mol. The minimum atomic E-state index is 0.745. The fourth-order valence-electron chi connectivity index (χ4n) is 3.75. The van der Waals surface area contributed by atoms with Crippen LogP contribution in [-0.4, -0.2) is 30.2 Å². The summed E-state index contributed by atoms with van der Waals surface area (Å²) >= 11 is 0. The zero-order valence-corrected chi connectivity index (χ0v) is 16.2. The molecule has 2 aromatic carbocycles. The van der Waals surface area contributed by atoms with Crippen molar-refractivity contribution in [3.63, 3.8) is 0 Å². The van der Waals surface area contributed by atoms with E-state index < -0.39 is 0 Å². The van der Waals surface area contributed by atoms with Crippen LogP contribution in [0.15, 0.2) is 67.0 Å². The summed E-state index contributed by atoms with van der Waals surface area (Å²) in [7, 11) is 1.67. The summed E-state index contributed by atoms with van der Waals surface area (Å²) in [6.45, 7) is 2.07. The normalized spacial score (nSPS) is 14.7. The Hall–Kier alpha value is -3.08. The molecule has 0 aliphatic carbocycles. The van der Waals surface area contributed by atoms with Gasteiger partial charge in [-0.15, -0.1) is 0 Å². The Morgan fingerprint density at radius 2 is 1.82 bits per heavy atom. The van der Waals surface area contributed by atoms with E-state index in [1.165, 1.54) is 24.8 Å². The van der Waals surface area contributed by atoms with Gasteiger partial charge in [-0.3, -0.25) is 0 Å². The molecule has 28 heavy (non-hydrogen) atoms. The number of aromatic nitrogens is 2. The predicted molar refractivity (Wildman–Crippen MR) is 113 cm³/mol. The van der Waals surface area contributed by atoms with Gasteiger partial charge in [-0.2, -0.15) is 0 Å². The zero-order valence-electron chi connectivity index (χ0n) is 16.2. The molecule has 144 valence electrons. The van der Waals surface area contributed by atoms with Crippen LogP contribution in [-0.2, 0) is 6.42 Å². The van der Waals surface area contributed by atoms with Gasteiger partial charge in [0.25, 0.3) is 0 Å². The van der Waals surface area contributed by atoms with E-state index in [1.807, 2.05) is 30.3 Å². The Bertz CT molecular complexity index is 892. The number of hydrogen-bond donors (Lipinski definition) is 1. The summed E-state index contributed by atoms with van der Waals surface area (Å²) in [5.74, 6) is 3.35. The van der Waals surface area contributed by atoms with Crippen LogP contribution in [0.1, 0.15) is 18.4 Å². The maximum absolute atomic E-state index is 5.28. The van der Waals surface area contributed by atoms with E-state index in [9.17, 15) is 0 Å². The topological polar surface area (TPSA) is 50.3 Å². The van der Waals surface area contributed by atoms with Crippen molar-refractivity contribution in [3.8, 4) is 5.75 Å².